The molecule has 0 atom stereocenters. The number of urea groups is 1. The highest BCUT2D eigenvalue weighted by Crippen LogP contribution is 2.36. The van der Waals surface area contributed by atoms with Gasteiger partial charge < -0.3 is 19.2 Å². The number of nitrogens with zero attached hydrogens (tertiary/aromatic N) is 2. The smallest absolute Gasteiger partial charge is 0.373 e. The van der Waals surface area contributed by atoms with Crippen LogP contribution in [0.4, 0.5) is 10.5 Å². The zero-order valence-corrected chi connectivity index (χ0v) is 17.3. The molecule has 1 fully saturated rings. The van der Waals surface area contributed by atoms with Crippen molar-refractivity contribution in [3.05, 3.63) is 62.2 Å². The van der Waals surface area contributed by atoms with Gasteiger partial charge in [0.05, 0.1) is 18.6 Å². The lowest BCUT2D eigenvalue weighted by Gasteiger charge is -2.09. The van der Waals surface area contributed by atoms with E-state index in [1.165, 1.54) is 25.3 Å². The maximum atomic E-state index is 12.7. The van der Waals surface area contributed by atoms with Crippen LogP contribution >= 0.6 is 11.6 Å². The Kier molecular flexibility index (Phi) is 6.25. The number of carbonyl (C=O) groups is 4. The van der Waals surface area contributed by atoms with Crippen molar-refractivity contribution < 1.29 is 38.0 Å². The number of nitro groups is 1. The molecule has 1 aliphatic heterocycles. The van der Waals surface area contributed by atoms with Crippen molar-refractivity contribution in [2.24, 2.45) is 0 Å². The number of nitrogens with one attached hydrogen (secondary N) is 1. The monoisotopic (exact) mass is 463 g/mol. The SMILES string of the molecule is COC(=O)c1ccc(CN2C(=O)NC(=Cc3cc(Cl)cc([N+](=O)[O-])c3OC(C)=O)C2=O)o1. The Labute approximate surface area is 184 Å². The number of furan rings is 1. The van der Waals surface area contributed by atoms with Gasteiger partial charge in [0.25, 0.3) is 5.91 Å². The number of nitro benzene ring substituents is 1. The Hall–Kier alpha value is -4.19. The van der Waals surface area contributed by atoms with E-state index in [4.69, 9.17) is 20.8 Å². The fourth-order valence-electron chi connectivity index (χ4n) is 2.80. The van der Waals surface area contributed by atoms with E-state index in [-0.39, 0.29) is 34.3 Å². The second-order valence-corrected chi connectivity index (χ2v) is 6.77. The molecule has 166 valence electrons. The van der Waals surface area contributed by atoms with E-state index in [9.17, 15) is 29.3 Å². The molecule has 1 aromatic carbocycles. The molecule has 1 aromatic heterocycles. The fraction of sp³-hybridized carbons (Fsp3) is 0.158. The number of amides is 3. The van der Waals surface area contributed by atoms with Crippen LogP contribution in [0.5, 0.6) is 5.75 Å². The molecular weight excluding hydrogens is 450 g/mol. The minimum atomic E-state index is -0.835. The number of hydrogen-bond donors (Lipinski definition) is 1. The minimum absolute atomic E-state index is 0.0565. The molecule has 1 aliphatic rings. The van der Waals surface area contributed by atoms with Crippen molar-refractivity contribution in [3.63, 3.8) is 0 Å². The number of imide groups is 1. The van der Waals surface area contributed by atoms with Gasteiger partial charge in [0, 0.05) is 23.6 Å². The summed E-state index contributed by atoms with van der Waals surface area (Å²) in [6.45, 7) is 0.747. The Balaban J connectivity index is 1.93. The number of rotatable bonds is 6. The van der Waals surface area contributed by atoms with Gasteiger partial charge in [-0.05, 0) is 24.3 Å². The van der Waals surface area contributed by atoms with Crippen molar-refractivity contribution in [3.8, 4) is 5.75 Å². The first-order valence-electron chi connectivity index (χ1n) is 8.78. The highest BCUT2D eigenvalue weighted by Gasteiger charge is 2.35. The Morgan fingerprint density at radius 3 is 2.66 bits per heavy atom. The third-order valence-electron chi connectivity index (χ3n) is 4.13. The van der Waals surface area contributed by atoms with E-state index in [1.54, 1.807) is 0 Å². The van der Waals surface area contributed by atoms with Crippen LogP contribution < -0.4 is 10.1 Å². The molecule has 32 heavy (non-hydrogen) atoms. The number of methoxy groups -OCH3 is 1. The summed E-state index contributed by atoms with van der Waals surface area (Å²) in [6.07, 6.45) is 1.10. The molecule has 2 heterocycles. The molecule has 0 saturated carbocycles. The highest BCUT2D eigenvalue weighted by molar-refractivity contribution is 6.31. The van der Waals surface area contributed by atoms with Gasteiger partial charge in [-0.2, -0.15) is 0 Å². The van der Waals surface area contributed by atoms with Gasteiger partial charge >= 0.3 is 23.7 Å². The topological polar surface area (TPSA) is 158 Å². The van der Waals surface area contributed by atoms with Crippen LogP contribution in [0.3, 0.4) is 0 Å². The summed E-state index contributed by atoms with van der Waals surface area (Å²) < 4.78 is 14.7. The molecule has 12 nitrogen and oxygen atoms in total. The maximum absolute atomic E-state index is 12.7. The Bertz CT molecular complexity index is 1180. The second kappa shape index (κ2) is 8.89. The average Bonchev–Trinajstić information content (AvgIpc) is 3.29. The predicted molar refractivity (Wildman–Crippen MR) is 107 cm³/mol. The first-order valence-corrected chi connectivity index (χ1v) is 9.16. The number of benzene rings is 1. The second-order valence-electron chi connectivity index (χ2n) is 6.33. The molecule has 2 aromatic rings. The van der Waals surface area contributed by atoms with E-state index >= 15 is 0 Å². The quantitative estimate of drug-likeness (QED) is 0.170. The summed E-state index contributed by atoms with van der Waals surface area (Å²) in [6, 6.07) is 4.14. The van der Waals surface area contributed by atoms with E-state index in [0.29, 0.717) is 0 Å². The molecule has 0 aliphatic carbocycles. The lowest BCUT2D eigenvalue weighted by atomic mass is 10.1. The normalized spacial score (nSPS) is 14.5. The first-order chi connectivity index (χ1) is 15.1. The largest absolute Gasteiger partial charge is 0.463 e. The average molecular weight is 464 g/mol. The van der Waals surface area contributed by atoms with Crippen LogP contribution in [0.25, 0.3) is 6.08 Å². The number of ether oxygens (including phenoxy) is 2. The van der Waals surface area contributed by atoms with Crippen molar-refractivity contribution in [1.82, 2.24) is 10.2 Å². The number of halogens is 1. The lowest BCUT2D eigenvalue weighted by molar-refractivity contribution is -0.385. The van der Waals surface area contributed by atoms with Gasteiger partial charge in [0.15, 0.2) is 0 Å². The molecule has 3 amide bonds. The Morgan fingerprint density at radius 1 is 1.31 bits per heavy atom. The molecule has 1 N–H and O–H groups in total. The standard InChI is InChI=1S/C19H14ClN3O9/c1-9(24)31-16-10(5-11(20)7-14(16)23(28)29)6-13-17(25)22(19(27)21-13)8-12-3-4-15(32-12)18(26)30-2/h3-7H,8H2,1-2H3,(H,21,27). The summed E-state index contributed by atoms with van der Waals surface area (Å²) >= 11 is 5.92. The van der Waals surface area contributed by atoms with Crippen LogP contribution in [0.2, 0.25) is 5.02 Å². The molecule has 0 unspecified atom stereocenters. The van der Waals surface area contributed by atoms with Crippen LogP contribution in [0.15, 0.2) is 34.4 Å². The van der Waals surface area contributed by atoms with Gasteiger partial charge in [-0.15, -0.1) is 0 Å². The number of carbonyl (C=O) groups excluding carboxylic acids is 4. The van der Waals surface area contributed by atoms with Gasteiger partial charge in [-0.1, -0.05) is 11.6 Å². The molecule has 0 bridgehead atoms. The zero-order valence-electron chi connectivity index (χ0n) is 16.5. The lowest BCUT2D eigenvalue weighted by Crippen LogP contribution is -2.30. The molecule has 3 rings (SSSR count). The predicted octanol–water partition coefficient (Wildman–Crippen LogP) is 2.65. The van der Waals surface area contributed by atoms with Gasteiger partial charge in [-0.3, -0.25) is 24.6 Å². The van der Waals surface area contributed by atoms with E-state index in [2.05, 4.69) is 10.1 Å². The third-order valence-corrected chi connectivity index (χ3v) is 4.35. The van der Waals surface area contributed by atoms with Crippen LogP contribution in [-0.4, -0.2) is 40.8 Å². The number of hydrogen-bond acceptors (Lipinski definition) is 9. The molecule has 0 spiro atoms. The van der Waals surface area contributed by atoms with E-state index < -0.39 is 40.2 Å². The maximum Gasteiger partial charge on any atom is 0.373 e. The Morgan fingerprint density at radius 2 is 2.03 bits per heavy atom. The van der Waals surface area contributed by atoms with Crippen LogP contribution in [0, 0.1) is 10.1 Å². The number of esters is 2. The van der Waals surface area contributed by atoms with Crippen LogP contribution in [0.1, 0.15) is 28.8 Å². The summed E-state index contributed by atoms with van der Waals surface area (Å²) in [5, 5.41) is 13.6. The minimum Gasteiger partial charge on any atom is -0.463 e. The summed E-state index contributed by atoms with van der Waals surface area (Å²) in [7, 11) is 1.17. The van der Waals surface area contributed by atoms with Crippen molar-refractivity contribution in [1.29, 1.82) is 0 Å². The van der Waals surface area contributed by atoms with Crippen LogP contribution in [-0.2, 0) is 20.9 Å². The van der Waals surface area contributed by atoms with Crippen molar-refractivity contribution in [2.45, 2.75) is 13.5 Å². The highest BCUT2D eigenvalue weighted by atomic mass is 35.5. The molecule has 13 heteroatoms. The molecule has 0 radical (unpaired) electrons. The molecular formula is C19H14ClN3O9. The third kappa shape index (κ3) is 4.59. The van der Waals surface area contributed by atoms with Gasteiger partial charge in [-0.25, -0.2) is 9.59 Å². The van der Waals surface area contributed by atoms with E-state index in [1.807, 2.05) is 0 Å². The van der Waals surface area contributed by atoms with Gasteiger partial charge in [0.1, 0.15) is 11.5 Å². The van der Waals surface area contributed by atoms with Crippen molar-refractivity contribution in [2.75, 3.05) is 7.11 Å². The first kappa shape index (κ1) is 22.5. The summed E-state index contributed by atoms with van der Waals surface area (Å²) in [4.78, 5) is 59.2. The zero-order chi connectivity index (χ0) is 23.6. The summed E-state index contributed by atoms with van der Waals surface area (Å²) in [5.41, 5.74) is -0.922. The van der Waals surface area contributed by atoms with E-state index in [0.717, 1.165) is 24.0 Å². The van der Waals surface area contributed by atoms with Gasteiger partial charge in [0.2, 0.25) is 11.5 Å². The fourth-order valence-corrected chi connectivity index (χ4v) is 3.02. The molecule has 1 saturated heterocycles. The summed E-state index contributed by atoms with van der Waals surface area (Å²) in [5.74, 6) is -2.76. The van der Waals surface area contributed by atoms with Crippen molar-refractivity contribution >= 4 is 47.2 Å².